The van der Waals surface area contributed by atoms with Gasteiger partial charge in [-0.2, -0.15) is 13.2 Å². The second-order valence-corrected chi connectivity index (χ2v) is 11.0. The Morgan fingerprint density at radius 2 is 1.73 bits per heavy atom. The third-order valence-electron chi connectivity index (χ3n) is 6.58. The lowest BCUT2D eigenvalue weighted by atomic mass is 9.80. The maximum absolute atomic E-state index is 13.8. The molecule has 2 N–H and O–H groups in total. The highest BCUT2D eigenvalue weighted by atomic mass is 19.4. The number of aromatic amines is 1. The van der Waals surface area contributed by atoms with Gasteiger partial charge in [-0.15, -0.1) is 0 Å². The van der Waals surface area contributed by atoms with Gasteiger partial charge < -0.3 is 24.7 Å². The quantitative estimate of drug-likeness (QED) is 0.360. The maximum Gasteiger partial charge on any atom is 0.431 e. The number of carbonyl (C=O) groups excluding carboxylic acids is 1. The molecule has 200 valence electrons. The lowest BCUT2D eigenvalue weighted by Gasteiger charge is -2.40. The number of likely N-dealkylation sites (tertiary alicyclic amines) is 1. The molecule has 6 nitrogen and oxygen atoms in total. The van der Waals surface area contributed by atoms with Gasteiger partial charge in [-0.3, -0.25) is 0 Å². The summed E-state index contributed by atoms with van der Waals surface area (Å²) in [6.07, 6.45) is -5.34. The lowest BCUT2D eigenvalue weighted by molar-refractivity contribution is -0.198. The van der Waals surface area contributed by atoms with Crippen LogP contribution in [0.4, 0.5) is 23.7 Å². The van der Waals surface area contributed by atoms with Gasteiger partial charge in [0.2, 0.25) is 6.10 Å². The number of benzene rings is 2. The van der Waals surface area contributed by atoms with Crippen molar-refractivity contribution in [3.8, 4) is 5.75 Å². The predicted molar refractivity (Wildman–Crippen MR) is 138 cm³/mol. The molecule has 1 aliphatic rings. The number of aromatic nitrogens is 1. The second kappa shape index (κ2) is 10.2. The minimum Gasteiger partial charge on any atom is -0.475 e. The van der Waals surface area contributed by atoms with Crippen molar-refractivity contribution in [3.63, 3.8) is 0 Å². The fourth-order valence-corrected chi connectivity index (χ4v) is 4.38. The molecule has 9 heteroatoms. The van der Waals surface area contributed by atoms with Crippen LogP contribution in [0.25, 0.3) is 10.9 Å². The van der Waals surface area contributed by atoms with Crippen molar-refractivity contribution in [1.29, 1.82) is 0 Å². The van der Waals surface area contributed by atoms with E-state index in [0.717, 1.165) is 18.5 Å². The molecule has 0 spiro atoms. The Hall–Kier alpha value is -3.36. The Bertz CT molecular complexity index is 1170. The summed E-state index contributed by atoms with van der Waals surface area (Å²) in [6.45, 7) is 9.63. The molecule has 37 heavy (non-hydrogen) atoms. The average molecular weight is 518 g/mol. The van der Waals surface area contributed by atoms with E-state index in [1.54, 1.807) is 41.3 Å². The first-order valence-electron chi connectivity index (χ1n) is 12.4. The summed E-state index contributed by atoms with van der Waals surface area (Å²) in [5.74, 6) is 0.128. The Morgan fingerprint density at radius 1 is 1.08 bits per heavy atom. The zero-order valence-electron chi connectivity index (χ0n) is 21.6. The molecule has 1 aromatic heterocycles. The third-order valence-corrected chi connectivity index (χ3v) is 6.58. The molecule has 4 rings (SSSR count). The number of hydrogen-bond acceptors (Lipinski definition) is 4. The molecule has 3 aromatic rings. The highest BCUT2D eigenvalue weighted by molar-refractivity contribution is 5.80. The van der Waals surface area contributed by atoms with E-state index < -0.39 is 17.9 Å². The van der Waals surface area contributed by atoms with E-state index in [9.17, 15) is 18.0 Å². The van der Waals surface area contributed by atoms with E-state index in [0.29, 0.717) is 30.5 Å². The number of nitrogens with one attached hydrogen (secondary N) is 2. The van der Waals surface area contributed by atoms with Gasteiger partial charge in [-0.05, 0) is 80.8 Å². The largest absolute Gasteiger partial charge is 0.475 e. The molecule has 1 fully saturated rings. The van der Waals surface area contributed by atoms with Crippen LogP contribution in [0.5, 0.6) is 5.75 Å². The Kier molecular flexibility index (Phi) is 7.35. The minimum absolute atomic E-state index is 0.0231. The molecule has 2 heterocycles. The molecule has 1 atom stereocenters. The Balaban J connectivity index is 1.34. The summed E-state index contributed by atoms with van der Waals surface area (Å²) >= 11 is 0. The summed E-state index contributed by atoms with van der Waals surface area (Å²) in [6, 6.07) is 15.0. The van der Waals surface area contributed by atoms with E-state index in [1.807, 2.05) is 20.8 Å². The number of H-pyrrole nitrogens is 1. The first-order chi connectivity index (χ1) is 17.3. The number of para-hydroxylation sites is 1. The smallest absolute Gasteiger partial charge is 0.431 e. The van der Waals surface area contributed by atoms with Crippen LogP contribution in [0.2, 0.25) is 0 Å². The van der Waals surface area contributed by atoms with Crippen LogP contribution < -0.4 is 10.1 Å². The van der Waals surface area contributed by atoms with Gasteiger partial charge in [0.25, 0.3) is 0 Å². The van der Waals surface area contributed by atoms with Gasteiger partial charge in [0, 0.05) is 30.8 Å². The van der Waals surface area contributed by atoms with Crippen LogP contribution in [0.1, 0.15) is 52.3 Å². The van der Waals surface area contributed by atoms with Gasteiger partial charge >= 0.3 is 12.3 Å². The zero-order chi connectivity index (χ0) is 26.8. The Labute approximate surface area is 215 Å². The maximum atomic E-state index is 13.8. The number of nitrogens with zero attached hydrogens (tertiary/aromatic N) is 1. The second-order valence-electron chi connectivity index (χ2n) is 11.0. The summed E-state index contributed by atoms with van der Waals surface area (Å²) in [4.78, 5) is 16.9. The van der Waals surface area contributed by atoms with Gasteiger partial charge in [0.15, 0.2) is 0 Å². The van der Waals surface area contributed by atoms with Crippen LogP contribution in [0.15, 0.2) is 54.6 Å². The SMILES string of the molecule is CC1(CNc2ccc(OC(c3cc4ccccc4[nH]3)C(F)(F)F)cc2)CCN(C(=O)OC(C)(C)C)CC1. The summed E-state index contributed by atoms with van der Waals surface area (Å²) in [5.41, 5.74) is 0.828. The number of rotatable bonds is 6. The number of piperidine rings is 1. The number of halogens is 3. The third kappa shape index (κ3) is 6.90. The summed E-state index contributed by atoms with van der Waals surface area (Å²) in [5, 5.41) is 4.07. The fraction of sp³-hybridized carbons (Fsp3) is 0.464. The highest BCUT2D eigenvalue weighted by Crippen LogP contribution is 2.38. The number of amides is 1. The van der Waals surface area contributed by atoms with Crippen molar-refractivity contribution < 1.29 is 27.4 Å². The van der Waals surface area contributed by atoms with E-state index in [1.165, 1.54) is 18.2 Å². The normalized spacial score (nSPS) is 16.9. The van der Waals surface area contributed by atoms with Crippen LogP contribution in [0.3, 0.4) is 0 Å². The monoisotopic (exact) mass is 517 g/mol. The number of alkyl halides is 3. The molecule has 1 saturated heterocycles. The van der Waals surface area contributed by atoms with Crippen LogP contribution in [-0.4, -0.2) is 47.4 Å². The molecule has 1 amide bonds. The molecule has 0 bridgehead atoms. The number of fused-ring (bicyclic) bond motifs is 1. The summed E-state index contributed by atoms with van der Waals surface area (Å²) < 4.78 is 52.4. The minimum atomic E-state index is -4.58. The van der Waals surface area contributed by atoms with Gasteiger partial charge in [0.05, 0.1) is 5.69 Å². The number of ether oxygens (including phenoxy) is 2. The van der Waals surface area contributed by atoms with Crippen molar-refractivity contribution in [2.24, 2.45) is 5.41 Å². The lowest BCUT2D eigenvalue weighted by Crippen LogP contribution is -2.46. The van der Waals surface area contributed by atoms with Gasteiger partial charge in [-0.25, -0.2) is 4.79 Å². The first-order valence-corrected chi connectivity index (χ1v) is 12.4. The first kappa shape index (κ1) is 26.7. The number of carbonyl (C=O) groups is 1. The van der Waals surface area contributed by atoms with Crippen LogP contribution in [-0.2, 0) is 4.74 Å². The molecule has 0 saturated carbocycles. The molecule has 0 aliphatic carbocycles. The molecule has 1 aliphatic heterocycles. The van der Waals surface area contributed by atoms with Gasteiger partial charge in [0.1, 0.15) is 11.4 Å². The molecular formula is C28H34F3N3O3. The number of anilines is 1. The average Bonchev–Trinajstić information content (AvgIpc) is 3.24. The van der Waals surface area contributed by atoms with Gasteiger partial charge in [-0.1, -0.05) is 25.1 Å². The predicted octanol–water partition coefficient (Wildman–Crippen LogP) is 7.30. The molecular weight excluding hydrogens is 483 g/mol. The van der Waals surface area contributed by atoms with Crippen molar-refractivity contribution in [2.45, 2.75) is 58.4 Å². The Morgan fingerprint density at radius 3 is 2.32 bits per heavy atom. The van der Waals surface area contributed by atoms with E-state index >= 15 is 0 Å². The topological polar surface area (TPSA) is 66.6 Å². The molecule has 0 radical (unpaired) electrons. The van der Waals surface area contributed by atoms with Crippen LogP contribution in [0, 0.1) is 5.41 Å². The van der Waals surface area contributed by atoms with E-state index in [-0.39, 0.29) is 23.0 Å². The van der Waals surface area contributed by atoms with Crippen molar-refractivity contribution in [2.75, 3.05) is 25.0 Å². The highest BCUT2D eigenvalue weighted by Gasteiger charge is 2.44. The van der Waals surface area contributed by atoms with E-state index in [4.69, 9.17) is 9.47 Å². The van der Waals surface area contributed by atoms with Crippen LogP contribution >= 0.6 is 0 Å². The van der Waals surface area contributed by atoms with Crippen molar-refractivity contribution >= 4 is 22.7 Å². The van der Waals surface area contributed by atoms with Crippen molar-refractivity contribution in [1.82, 2.24) is 9.88 Å². The number of hydrogen-bond donors (Lipinski definition) is 2. The fourth-order valence-electron chi connectivity index (χ4n) is 4.38. The zero-order valence-corrected chi connectivity index (χ0v) is 21.6. The summed E-state index contributed by atoms with van der Waals surface area (Å²) in [7, 11) is 0. The molecule has 1 unspecified atom stereocenters. The molecule has 2 aromatic carbocycles. The van der Waals surface area contributed by atoms with E-state index in [2.05, 4.69) is 17.2 Å². The van der Waals surface area contributed by atoms with Crippen molar-refractivity contribution in [3.05, 3.63) is 60.3 Å². The standard InChI is InChI=1S/C28H34F3N3O3/c1-26(2,3)37-25(35)34-15-13-27(4,14-16-34)18-32-20-9-11-21(12-10-20)36-24(28(29,30)31)23-17-19-7-5-6-8-22(19)33-23/h5-12,17,24,32-33H,13-16,18H2,1-4H3.